The van der Waals surface area contributed by atoms with Crippen LogP contribution in [0.1, 0.15) is 15.9 Å². The number of anilines is 1. The average Bonchev–Trinajstić information content (AvgIpc) is 3.01. The highest BCUT2D eigenvalue weighted by atomic mass is 32.2. The molecule has 26 heavy (non-hydrogen) atoms. The SMILES string of the molecule is COC(=O)c1ccc(S(=O)(=O)Nc2n[nH]c(-c3ccncc3)c2C)cc1. The molecule has 0 aliphatic heterocycles. The van der Waals surface area contributed by atoms with E-state index in [9.17, 15) is 13.2 Å². The maximum Gasteiger partial charge on any atom is 0.337 e. The van der Waals surface area contributed by atoms with E-state index in [4.69, 9.17) is 0 Å². The third kappa shape index (κ3) is 3.42. The van der Waals surface area contributed by atoms with E-state index in [-0.39, 0.29) is 16.3 Å². The fourth-order valence-corrected chi connectivity index (χ4v) is 3.44. The molecule has 3 aromatic rings. The Kier molecular flexibility index (Phi) is 4.72. The number of sulfonamides is 1. The first-order valence-corrected chi connectivity index (χ1v) is 9.07. The number of hydrogen-bond acceptors (Lipinski definition) is 6. The van der Waals surface area contributed by atoms with Gasteiger partial charge in [-0.1, -0.05) is 0 Å². The molecule has 3 rings (SSSR count). The minimum absolute atomic E-state index is 0.0121. The molecule has 0 saturated carbocycles. The quantitative estimate of drug-likeness (QED) is 0.665. The molecule has 0 fully saturated rings. The molecule has 0 spiro atoms. The summed E-state index contributed by atoms with van der Waals surface area (Å²) in [5, 5.41) is 6.88. The smallest absolute Gasteiger partial charge is 0.337 e. The largest absolute Gasteiger partial charge is 0.465 e. The summed E-state index contributed by atoms with van der Waals surface area (Å²) in [6.07, 6.45) is 3.28. The van der Waals surface area contributed by atoms with Crippen LogP contribution in [0, 0.1) is 6.92 Å². The van der Waals surface area contributed by atoms with E-state index in [2.05, 4.69) is 24.6 Å². The number of aromatic nitrogens is 3. The normalized spacial score (nSPS) is 11.2. The molecule has 0 aliphatic carbocycles. The number of aromatic amines is 1. The molecule has 0 amide bonds. The van der Waals surface area contributed by atoms with Gasteiger partial charge in [-0.05, 0) is 43.3 Å². The van der Waals surface area contributed by atoms with Gasteiger partial charge in [-0.15, -0.1) is 0 Å². The Hall–Kier alpha value is -3.20. The maximum atomic E-state index is 12.6. The molecular weight excluding hydrogens is 356 g/mol. The summed E-state index contributed by atoms with van der Waals surface area (Å²) in [5.41, 5.74) is 2.47. The molecule has 0 unspecified atom stereocenters. The summed E-state index contributed by atoms with van der Waals surface area (Å²) < 4.78 is 32.2. The molecule has 0 radical (unpaired) electrons. The highest BCUT2D eigenvalue weighted by molar-refractivity contribution is 7.92. The predicted octanol–water partition coefficient (Wildman–Crippen LogP) is 2.37. The Morgan fingerprint density at radius 1 is 1.12 bits per heavy atom. The van der Waals surface area contributed by atoms with E-state index >= 15 is 0 Å². The van der Waals surface area contributed by atoms with Gasteiger partial charge in [0.25, 0.3) is 10.0 Å². The molecule has 134 valence electrons. The van der Waals surface area contributed by atoms with Gasteiger partial charge in [-0.25, -0.2) is 13.2 Å². The molecule has 2 heterocycles. The third-order valence-corrected chi connectivity index (χ3v) is 5.15. The molecule has 0 saturated heterocycles. The van der Waals surface area contributed by atoms with Crippen molar-refractivity contribution in [3.05, 3.63) is 59.9 Å². The Morgan fingerprint density at radius 3 is 2.38 bits per heavy atom. The molecule has 1 aromatic carbocycles. The predicted molar refractivity (Wildman–Crippen MR) is 95.1 cm³/mol. The van der Waals surface area contributed by atoms with Crippen molar-refractivity contribution in [3.8, 4) is 11.3 Å². The number of rotatable bonds is 5. The number of nitrogens with one attached hydrogen (secondary N) is 2. The van der Waals surface area contributed by atoms with Gasteiger partial charge in [0.1, 0.15) is 0 Å². The number of carbonyl (C=O) groups is 1. The third-order valence-electron chi connectivity index (χ3n) is 3.80. The van der Waals surface area contributed by atoms with E-state index in [0.717, 1.165) is 5.56 Å². The molecule has 0 aliphatic rings. The van der Waals surface area contributed by atoms with Gasteiger partial charge in [0, 0.05) is 23.5 Å². The van der Waals surface area contributed by atoms with Crippen molar-refractivity contribution >= 4 is 21.8 Å². The molecule has 2 aromatic heterocycles. The Labute approximate surface area is 150 Å². The Balaban J connectivity index is 1.86. The van der Waals surface area contributed by atoms with Gasteiger partial charge in [0.05, 0.1) is 23.3 Å². The second-order valence-electron chi connectivity index (χ2n) is 5.43. The van der Waals surface area contributed by atoms with Gasteiger partial charge in [0.15, 0.2) is 5.82 Å². The minimum atomic E-state index is -3.85. The van der Waals surface area contributed by atoms with Crippen molar-refractivity contribution in [2.75, 3.05) is 11.8 Å². The number of hydrogen-bond donors (Lipinski definition) is 2. The number of H-pyrrole nitrogens is 1. The van der Waals surface area contributed by atoms with Crippen LogP contribution >= 0.6 is 0 Å². The van der Waals surface area contributed by atoms with Crippen molar-refractivity contribution in [3.63, 3.8) is 0 Å². The van der Waals surface area contributed by atoms with Crippen LogP contribution in [-0.2, 0) is 14.8 Å². The van der Waals surface area contributed by atoms with Gasteiger partial charge < -0.3 is 4.74 Å². The van der Waals surface area contributed by atoms with Crippen molar-refractivity contribution in [1.82, 2.24) is 15.2 Å². The lowest BCUT2D eigenvalue weighted by Crippen LogP contribution is -2.14. The molecule has 8 nitrogen and oxygen atoms in total. The topological polar surface area (TPSA) is 114 Å². The molecule has 9 heteroatoms. The highest BCUT2D eigenvalue weighted by Gasteiger charge is 2.19. The van der Waals surface area contributed by atoms with E-state index in [1.165, 1.54) is 31.4 Å². The van der Waals surface area contributed by atoms with Crippen LogP contribution in [0.4, 0.5) is 5.82 Å². The Bertz CT molecular complexity index is 1030. The van der Waals surface area contributed by atoms with E-state index in [0.29, 0.717) is 11.3 Å². The zero-order valence-electron chi connectivity index (χ0n) is 14.1. The fraction of sp³-hybridized carbons (Fsp3) is 0.118. The van der Waals surface area contributed by atoms with Crippen molar-refractivity contribution in [2.24, 2.45) is 0 Å². The monoisotopic (exact) mass is 372 g/mol. The summed E-state index contributed by atoms with van der Waals surface area (Å²) in [7, 11) is -2.59. The van der Waals surface area contributed by atoms with Crippen molar-refractivity contribution in [1.29, 1.82) is 0 Å². The summed E-state index contributed by atoms with van der Waals surface area (Å²) in [6.45, 7) is 1.76. The lowest BCUT2D eigenvalue weighted by atomic mass is 10.1. The van der Waals surface area contributed by atoms with E-state index in [1.54, 1.807) is 31.5 Å². The molecule has 0 bridgehead atoms. The van der Waals surface area contributed by atoms with E-state index in [1.807, 2.05) is 0 Å². The van der Waals surface area contributed by atoms with Crippen LogP contribution in [0.25, 0.3) is 11.3 Å². The van der Waals surface area contributed by atoms with Crippen LogP contribution < -0.4 is 4.72 Å². The summed E-state index contributed by atoms with van der Waals surface area (Å²) in [5.74, 6) is -0.332. The lowest BCUT2D eigenvalue weighted by Gasteiger charge is -2.07. The molecule has 0 atom stereocenters. The number of esters is 1. The highest BCUT2D eigenvalue weighted by Crippen LogP contribution is 2.27. The summed E-state index contributed by atoms with van der Waals surface area (Å²) in [4.78, 5) is 15.4. The second kappa shape index (κ2) is 6.96. The zero-order chi connectivity index (χ0) is 18.7. The number of benzene rings is 1. The first kappa shape index (κ1) is 17.6. The fourth-order valence-electron chi connectivity index (χ4n) is 2.37. The standard InChI is InChI=1S/C17H16N4O4S/c1-11-15(12-7-9-18-10-8-12)19-20-16(11)21-26(23,24)14-5-3-13(4-6-14)17(22)25-2/h3-10H,1-2H3,(H2,19,20,21). The van der Waals surface area contributed by atoms with E-state index < -0.39 is 16.0 Å². The van der Waals surface area contributed by atoms with Gasteiger partial charge in [0.2, 0.25) is 0 Å². The zero-order valence-corrected chi connectivity index (χ0v) is 14.9. The Morgan fingerprint density at radius 2 is 1.77 bits per heavy atom. The number of pyridine rings is 1. The van der Waals surface area contributed by atoms with Gasteiger partial charge >= 0.3 is 5.97 Å². The van der Waals surface area contributed by atoms with Gasteiger partial charge in [-0.3, -0.25) is 14.8 Å². The van der Waals surface area contributed by atoms with Crippen LogP contribution in [-0.4, -0.2) is 36.7 Å². The summed E-state index contributed by atoms with van der Waals surface area (Å²) in [6, 6.07) is 9.04. The second-order valence-corrected chi connectivity index (χ2v) is 7.11. The summed E-state index contributed by atoms with van der Waals surface area (Å²) >= 11 is 0. The average molecular weight is 372 g/mol. The molecule has 2 N–H and O–H groups in total. The van der Waals surface area contributed by atoms with Gasteiger partial charge in [-0.2, -0.15) is 5.10 Å². The van der Waals surface area contributed by atoms with Crippen LogP contribution in [0.2, 0.25) is 0 Å². The number of nitrogens with zero attached hydrogens (tertiary/aromatic N) is 2. The number of methoxy groups -OCH3 is 1. The van der Waals surface area contributed by atoms with Crippen LogP contribution in [0.3, 0.4) is 0 Å². The minimum Gasteiger partial charge on any atom is -0.465 e. The lowest BCUT2D eigenvalue weighted by molar-refractivity contribution is 0.0600. The van der Waals surface area contributed by atoms with Crippen LogP contribution in [0.15, 0.2) is 53.7 Å². The van der Waals surface area contributed by atoms with Crippen LogP contribution in [0.5, 0.6) is 0 Å². The first-order valence-electron chi connectivity index (χ1n) is 7.59. The maximum absolute atomic E-state index is 12.6. The number of carbonyl (C=O) groups excluding carboxylic acids is 1. The molecular formula is C17H16N4O4S. The first-order chi connectivity index (χ1) is 12.4. The van der Waals surface area contributed by atoms with Crippen molar-refractivity contribution in [2.45, 2.75) is 11.8 Å². The van der Waals surface area contributed by atoms with Crippen molar-refractivity contribution < 1.29 is 17.9 Å². The number of ether oxygens (including phenoxy) is 1.